The summed E-state index contributed by atoms with van der Waals surface area (Å²) in [6.45, 7) is 0. The van der Waals surface area contributed by atoms with E-state index in [-0.39, 0.29) is 5.88 Å². The Morgan fingerprint density at radius 3 is 1.75 bits per heavy atom. The van der Waals surface area contributed by atoms with E-state index in [0.717, 1.165) is 0 Å². The molecule has 0 aromatic rings. The van der Waals surface area contributed by atoms with Gasteiger partial charge in [-0.25, -0.2) is 0 Å². The van der Waals surface area contributed by atoms with Gasteiger partial charge in [0.2, 0.25) is 3.79 Å². The van der Waals surface area contributed by atoms with E-state index in [1.807, 2.05) is 0 Å². The topological polar surface area (TPSA) is 20.2 Å². The molecule has 1 N–H and O–H groups in total. The highest BCUT2D eigenvalue weighted by atomic mass is 35.6. The lowest BCUT2D eigenvalue weighted by molar-refractivity contribution is 0.202. The first kappa shape index (κ1) is 9.12. The molecule has 50 valence electrons. The van der Waals surface area contributed by atoms with Crippen molar-refractivity contribution in [2.45, 2.75) is 9.90 Å². The van der Waals surface area contributed by atoms with Crippen LogP contribution in [0.3, 0.4) is 0 Å². The first-order valence-corrected chi connectivity index (χ1v) is 3.46. The fourth-order valence-corrected chi connectivity index (χ4v) is 0.787. The van der Waals surface area contributed by atoms with Crippen LogP contribution in [-0.2, 0) is 0 Å². The standard InChI is InChI=1S/C3H4Cl4O/c4-1-2(8)3(5,6)7/h2,8H,1H2. The molecule has 0 rings (SSSR count). The normalized spacial score (nSPS) is 16.1. The van der Waals surface area contributed by atoms with E-state index in [9.17, 15) is 0 Å². The average molecular weight is 198 g/mol. The Balaban J connectivity index is 3.62. The summed E-state index contributed by atoms with van der Waals surface area (Å²) in [6.07, 6.45) is -1.09. The summed E-state index contributed by atoms with van der Waals surface area (Å²) < 4.78 is -1.65. The number of halogens is 4. The zero-order valence-electron chi connectivity index (χ0n) is 3.74. The van der Waals surface area contributed by atoms with E-state index >= 15 is 0 Å². The summed E-state index contributed by atoms with van der Waals surface area (Å²) in [5, 5.41) is 8.67. The first-order valence-electron chi connectivity index (χ1n) is 1.79. The zero-order chi connectivity index (χ0) is 6.78. The molecule has 8 heavy (non-hydrogen) atoms. The van der Waals surface area contributed by atoms with E-state index < -0.39 is 9.90 Å². The van der Waals surface area contributed by atoms with Gasteiger partial charge in [0.25, 0.3) is 0 Å². The van der Waals surface area contributed by atoms with E-state index in [4.69, 9.17) is 51.5 Å². The van der Waals surface area contributed by atoms with Gasteiger partial charge < -0.3 is 5.11 Å². The minimum atomic E-state index is -1.65. The van der Waals surface area contributed by atoms with E-state index in [1.54, 1.807) is 0 Å². The minimum absolute atomic E-state index is 0.0729. The lowest BCUT2D eigenvalue weighted by Crippen LogP contribution is -2.26. The second kappa shape index (κ2) is 3.33. The first-order chi connectivity index (χ1) is 3.48. The summed E-state index contributed by atoms with van der Waals surface area (Å²) >= 11 is 20.7. The van der Waals surface area contributed by atoms with Crippen molar-refractivity contribution < 1.29 is 5.11 Å². The van der Waals surface area contributed by atoms with Crippen molar-refractivity contribution in [1.29, 1.82) is 0 Å². The van der Waals surface area contributed by atoms with Crippen LogP contribution >= 0.6 is 46.4 Å². The van der Waals surface area contributed by atoms with Crippen molar-refractivity contribution in [3.63, 3.8) is 0 Å². The van der Waals surface area contributed by atoms with Gasteiger partial charge in [0.15, 0.2) is 0 Å². The van der Waals surface area contributed by atoms with Crippen molar-refractivity contribution in [3.8, 4) is 0 Å². The van der Waals surface area contributed by atoms with Crippen LogP contribution in [0.2, 0.25) is 0 Å². The molecule has 1 atom stereocenters. The number of aliphatic hydroxyl groups excluding tert-OH is 1. The molecule has 0 fully saturated rings. The summed E-state index contributed by atoms with van der Waals surface area (Å²) in [6, 6.07) is 0. The third-order valence-corrected chi connectivity index (χ3v) is 1.57. The van der Waals surface area contributed by atoms with Gasteiger partial charge >= 0.3 is 0 Å². The Hall–Kier alpha value is 1.12. The lowest BCUT2D eigenvalue weighted by Gasteiger charge is -2.14. The van der Waals surface area contributed by atoms with Gasteiger partial charge in [0, 0.05) is 0 Å². The van der Waals surface area contributed by atoms with Crippen LogP contribution in [0.4, 0.5) is 0 Å². The second-order valence-corrected chi connectivity index (χ2v) is 3.89. The predicted molar refractivity (Wildman–Crippen MR) is 37.0 cm³/mol. The molecule has 0 spiro atoms. The monoisotopic (exact) mass is 196 g/mol. The fourth-order valence-electron chi connectivity index (χ4n) is 0.0875. The molecular formula is C3H4Cl4O. The van der Waals surface area contributed by atoms with Gasteiger partial charge in [-0.15, -0.1) is 11.6 Å². The van der Waals surface area contributed by atoms with Crippen LogP contribution in [0.15, 0.2) is 0 Å². The van der Waals surface area contributed by atoms with Crippen LogP contribution in [0.25, 0.3) is 0 Å². The Kier molecular flexibility index (Phi) is 3.79. The van der Waals surface area contributed by atoms with Crippen LogP contribution in [0.1, 0.15) is 0 Å². The molecule has 0 radical (unpaired) electrons. The Morgan fingerprint density at radius 1 is 1.38 bits per heavy atom. The van der Waals surface area contributed by atoms with Crippen molar-refractivity contribution in [1.82, 2.24) is 0 Å². The van der Waals surface area contributed by atoms with Crippen LogP contribution in [-0.4, -0.2) is 20.9 Å². The van der Waals surface area contributed by atoms with Crippen LogP contribution in [0.5, 0.6) is 0 Å². The molecular weight excluding hydrogens is 194 g/mol. The fraction of sp³-hybridized carbons (Fsp3) is 1.00. The Morgan fingerprint density at radius 2 is 1.75 bits per heavy atom. The minimum Gasteiger partial charge on any atom is -0.387 e. The highest BCUT2D eigenvalue weighted by Gasteiger charge is 2.29. The van der Waals surface area contributed by atoms with Crippen molar-refractivity contribution >= 4 is 46.4 Å². The van der Waals surface area contributed by atoms with Gasteiger partial charge in [-0.1, -0.05) is 34.8 Å². The van der Waals surface area contributed by atoms with Gasteiger partial charge in [-0.2, -0.15) is 0 Å². The quantitative estimate of drug-likeness (QED) is 0.638. The molecule has 5 heteroatoms. The van der Waals surface area contributed by atoms with Crippen LogP contribution < -0.4 is 0 Å². The number of hydrogen-bond donors (Lipinski definition) is 1. The summed E-state index contributed by atoms with van der Waals surface area (Å²) in [4.78, 5) is 0. The number of alkyl halides is 4. The highest BCUT2D eigenvalue weighted by Crippen LogP contribution is 2.30. The molecule has 0 amide bonds. The van der Waals surface area contributed by atoms with E-state index in [1.165, 1.54) is 0 Å². The molecule has 1 nitrogen and oxygen atoms in total. The second-order valence-electron chi connectivity index (χ2n) is 1.21. The van der Waals surface area contributed by atoms with Crippen molar-refractivity contribution in [2.24, 2.45) is 0 Å². The van der Waals surface area contributed by atoms with Gasteiger partial charge in [-0.05, 0) is 0 Å². The maximum atomic E-state index is 8.67. The summed E-state index contributed by atoms with van der Waals surface area (Å²) in [5.41, 5.74) is 0. The predicted octanol–water partition coefficient (Wildman–Crippen LogP) is 1.96. The SMILES string of the molecule is OC(CCl)C(Cl)(Cl)Cl. The number of hydrogen-bond acceptors (Lipinski definition) is 1. The van der Waals surface area contributed by atoms with Crippen molar-refractivity contribution in [3.05, 3.63) is 0 Å². The molecule has 0 saturated heterocycles. The molecule has 0 aromatic carbocycles. The summed E-state index contributed by atoms with van der Waals surface area (Å²) in [7, 11) is 0. The molecule has 0 heterocycles. The maximum absolute atomic E-state index is 8.67. The molecule has 0 aliphatic heterocycles. The third kappa shape index (κ3) is 3.21. The molecule has 0 bridgehead atoms. The molecule has 1 unspecified atom stereocenters. The molecule has 0 aliphatic carbocycles. The van der Waals surface area contributed by atoms with Crippen LogP contribution in [0, 0.1) is 0 Å². The van der Waals surface area contributed by atoms with E-state index in [2.05, 4.69) is 0 Å². The molecule has 0 saturated carbocycles. The largest absolute Gasteiger partial charge is 0.387 e. The zero-order valence-corrected chi connectivity index (χ0v) is 6.77. The smallest absolute Gasteiger partial charge is 0.217 e. The Labute approximate surface area is 67.5 Å². The maximum Gasteiger partial charge on any atom is 0.217 e. The van der Waals surface area contributed by atoms with Gasteiger partial charge in [0.1, 0.15) is 6.10 Å². The lowest BCUT2D eigenvalue weighted by atomic mass is 10.5. The van der Waals surface area contributed by atoms with E-state index in [0.29, 0.717) is 0 Å². The number of aliphatic hydroxyl groups is 1. The molecule has 0 aliphatic rings. The van der Waals surface area contributed by atoms with Crippen molar-refractivity contribution in [2.75, 3.05) is 5.88 Å². The molecule has 0 aromatic heterocycles. The third-order valence-electron chi connectivity index (χ3n) is 0.524. The highest BCUT2D eigenvalue weighted by molar-refractivity contribution is 6.68. The van der Waals surface area contributed by atoms with Gasteiger partial charge in [0.05, 0.1) is 5.88 Å². The average Bonchev–Trinajstić information content (AvgIpc) is 1.62. The number of rotatable bonds is 1. The summed E-state index contributed by atoms with van der Waals surface area (Å²) in [5.74, 6) is -0.0729. The van der Waals surface area contributed by atoms with Gasteiger partial charge in [-0.3, -0.25) is 0 Å². The Bertz CT molecular complexity index is 68.2.